The van der Waals surface area contributed by atoms with Crippen molar-refractivity contribution in [3.05, 3.63) is 65.5 Å². The zero-order valence-corrected chi connectivity index (χ0v) is 16.7. The Morgan fingerprint density at radius 1 is 1.15 bits per heavy atom. The van der Waals surface area contributed by atoms with E-state index in [1.165, 1.54) is 10.4 Å². The number of hydrogen-bond donors (Lipinski definition) is 1. The Labute approximate surface area is 161 Å². The third kappa shape index (κ3) is 5.48. The molecule has 1 heterocycles. The molecule has 0 saturated carbocycles. The molecule has 27 heavy (non-hydrogen) atoms. The Hall–Kier alpha value is -2.51. The summed E-state index contributed by atoms with van der Waals surface area (Å²) < 4.78 is 26.3. The van der Waals surface area contributed by atoms with Gasteiger partial charge in [0.15, 0.2) is 0 Å². The number of rotatable bonds is 8. The molecule has 6 nitrogen and oxygen atoms in total. The molecule has 0 radical (unpaired) electrons. The van der Waals surface area contributed by atoms with Crippen LogP contribution >= 0.6 is 0 Å². The Morgan fingerprint density at radius 2 is 1.81 bits per heavy atom. The van der Waals surface area contributed by atoms with Crippen LogP contribution in [0.1, 0.15) is 30.7 Å². The molecule has 7 heteroatoms. The van der Waals surface area contributed by atoms with Gasteiger partial charge in [-0.25, -0.2) is 8.42 Å². The van der Waals surface area contributed by atoms with Gasteiger partial charge in [0, 0.05) is 25.4 Å². The predicted molar refractivity (Wildman–Crippen MR) is 106 cm³/mol. The standard InChI is InChI=1S/C20H25N3O3S/c1-4-23(5-2)27(25,26)18-11-8-17(9-12-18)10-13-20(24)22-15-19-16(3)7-6-14-21-19/h6-14H,4-5,15H2,1-3H3,(H,22,24). The van der Waals surface area contributed by atoms with Gasteiger partial charge in [-0.05, 0) is 42.3 Å². The van der Waals surface area contributed by atoms with Gasteiger partial charge in [-0.3, -0.25) is 9.78 Å². The fourth-order valence-corrected chi connectivity index (χ4v) is 4.03. The van der Waals surface area contributed by atoms with E-state index in [9.17, 15) is 13.2 Å². The van der Waals surface area contributed by atoms with Gasteiger partial charge in [0.2, 0.25) is 15.9 Å². The molecule has 1 amide bonds. The monoisotopic (exact) mass is 387 g/mol. The van der Waals surface area contributed by atoms with Crippen LogP contribution in [0.15, 0.2) is 53.6 Å². The van der Waals surface area contributed by atoms with Crippen LogP contribution in [0.5, 0.6) is 0 Å². The molecule has 0 aliphatic heterocycles. The van der Waals surface area contributed by atoms with Crippen LogP contribution in [-0.4, -0.2) is 36.7 Å². The van der Waals surface area contributed by atoms with Crippen molar-refractivity contribution < 1.29 is 13.2 Å². The van der Waals surface area contributed by atoms with Gasteiger partial charge in [0.05, 0.1) is 17.1 Å². The van der Waals surface area contributed by atoms with Crippen molar-refractivity contribution in [2.75, 3.05) is 13.1 Å². The lowest BCUT2D eigenvalue weighted by atomic mass is 10.2. The van der Waals surface area contributed by atoms with Gasteiger partial charge in [0.25, 0.3) is 0 Å². The highest BCUT2D eigenvalue weighted by Gasteiger charge is 2.20. The van der Waals surface area contributed by atoms with Gasteiger partial charge < -0.3 is 5.32 Å². The van der Waals surface area contributed by atoms with Crippen molar-refractivity contribution in [1.82, 2.24) is 14.6 Å². The van der Waals surface area contributed by atoms with Crippen molar-refractivity contribution in [3.63, 3.8) is 0 Å². The molecule has 2 rings (SSSR count). The molecule has 1 aromatic heterocycles. The van der Waals surface area contributed by atoms with Crippen LogP contribution in [-0.2, 0) is 21.4 Å². The summed E-state index contributed by atoms with van der Waals surface area (Å²) in [5.41, 5.74) is 2.59. The van der Waals surface area contributed by atoms with E-state index < -0.39 is 10.0 Å². The van der Waals surface area contributed by atoms with Gasteiger partial charge >= 0.3 is 0 Å². The number of nitrogens with zero attached hydrogens (tertiary/aromatic N) is 2. The second-order valence-corrected chi connectivity index (χ2v) is 7.91. The average molecular weight is 388 g/mol. The predicted octanol–water partition coefficient (Wildman–Crippen LogP) is 2.75. The van der Waals surface area contributed by atoms with E-state index in [1.807, 2.05) is 32.9 Å². The van der Waals surface area contributed by atoms with Crippen LogP contribution in [0.2, 0.25) is 0 Å². The molecule has 0 saturated heterocycles. The lowest BCUT2D eigenvalue weighted by Gasteiger charge is -2.18. The van der Waals surface area contributed by atoms with E-state index in [4.69, 9.17) is 0 Å². The van der Waals surface area contributed by atoms with Gasteiger partial charge in [-0.2, -0.15) is 4.31 Å². The first kappa shape index (κ1) is 20.8. The number of amides is 1. The van der Waals surface area contributed by atoms with Gasteiger partial charge in [0.1, 0.15) is 0 Å². The Morgan fingerprint density at radius 3 is 2.41 bits per heavy atom. The number of aromatic nitrogens is 1. The number of sulfonamides is 1. The molecule has 0 spiro atoms. The zero-order valence-electron chi connectivity index (χ0n) is 15.8. The first-order valence-corrected chi connectivity index (χ1v) is 10.3. The SMILES string of the molecule is CCN(CC)S(=O)(=O)c1ccc(C=CC(=O)NCc2ncccc2C)cc1. The van der Waals surface area contributed by atoms with E-state index in [1.54, 1.807) is 36.5 Å². The smallest absolute Gasteiger partial charge is 0.244 e. The molecule has 0 aliphatic carbocycles. The maximum absolute atomic E-state index is 12.5. The minimum Gasteiger partial charge on any atom is -0.347 e. The molecule has 0 aliphatic rings. The first-order valence-electron chi connectivity index (χ1n) is 8.85. The summed E-state index contributed by atoms with van der Waals surface area (Å²) in [5.74, 6) is -0.236. The number of hydrogen-bond acceptors (Lipinski definition) is 4. The molecular weight excluding hydrogens is 362 g/mol. The van der Waals surface area contributed by atoms with Crippen LogP contribution in [0, 0.1) is 6.92 Å². The van der Waals surface area contributed by atoms with E-state index in [2.05, 4.69) is 10.3 Å². The lowest BCUT2D eigenvalue weighted by Crippen LogP contribution is -2.30. The molecule has 0 atom stereocenters. The van der Waals surface area contributed by atoms with Crippen LogP contribution < -0.4 is 5.32 Å². The number of carbonyl (C=O) groups is 1. The highest BCUT2D eigenvalue weighted by Crippen LogP contribution is 2.16. The number of benzene rings is 1. The molecule has 0 unspecified atom stereocenters. The number of carbonyl (C=O) groups excluding carboxylic acids is 1. The summed E-state index contributed by atoms with van der Waals surface area (Å²) in [6, 6.07) is 10.3. The number of nitrogens with one attached hydrogen (secondary N) is 1. The quantitative estimate of drug-likeness (QED) is 0.707. The summed E-state index contributed by atoms with van der Waals surface area (Å²) >= 11 is 0. The topological polar surface area (TPSA) is 79.4 Å². The van der Waals surface area contributed by atoms with Crippen LogP contribution in [0.3, 0.4) is 0 Å². The highest BCUT2D eigenvalue weighted by molar-refractivity contribution is 7.89. The van der Waals surface area contributed by atoms with Crippen molar-refractivity contribution in [2.24, 2.45) is 0 Å². The van der Waals surface area contributed by atoms with E-state index in [0.29, 0.717) is 19.6 Å². The minimum absolute atomic E-state index is 0.236. The maximum Gasteiger partial charge on any atom is 0.244 e. The summed E-state index contributed by atoms with van der Waals surface area (Å²) in [7, 11) is -3.47. The van der Waals surface area contributed by atoms with E-state index in [-0.39, 0.29) is 10.8 Å². The molecule has 0 bridgehead atoms. The summed E-state index contributed by atoms with van der Waals surface area (Å²) in [4.78, 5) is 16.4. The maximum atomic E-state index is 12.5. The number of aryl methyl sites for hydroxylation is 1. The minimum atomic E-state index is -3.47. The lowest BCUT2D eigenvalue weighted by molar-refractivity contribution is -0.116. The zero-order chi connectivity index (χ0) is 19.9. The molecular formula is C20H25N3O3S. The van der Waals surface area contributed by atoms with Crippen molar-refractivity contribution >= 4 is 22.0 Å². The third-order valence-electron chi connectivity index (χ3n) is 4.20. The normalized spacial score (nSPS) is 11.9. The molecule has 144 valence electrons. The highest BCUT2D eigenvalue weighted by atomic mass is 32.2. The van der Waals surface area contributed by atoms with Crippen LogP contribution in [0.4, 0.5) is 0 Å². The van der Waals surface area contributed by atoms with Crippen molar-refractivity contribution in [3.8, 4) is 0 Å². The summed E-state index contributed by atoms with van der Waals surface area (Å²) in [6.07, 6.45) is 4.76. The van der Waals surface area contributed by atoms with E-state index >= 15 is 0 Å². The Bertz CT molecular complexity index is 902. The second kappa shape index (κ2) is 9.43. The van der Waals surface area contributed by atoms with Gasteiger partial charge in [-0.1, -0.05) is 32.0 Å². The van der Waals surface area contributed by atoms with Crippen molar-refractivity contribution in [2.45, 2.75) is 32.2 Å². The molecule has 2 aromatic rings. The second-order valence-electron chi connectivity index (χ2n) is 5.98. The number of pyridine rings is 1. The summed E-state index contributed by atoms with van der Waals surface area (Å²) in [5, 5.41) is 2.79. The van der Waals surface area contributed by atoms with Gasteiger partial charge in [-0.15, -0.1) is 0 Å². The fraction of sp³-hybridized carbons (Fsp3) is 0.300. The van der Waals surface area contributed by atoms with Crippen molar-refractivity contribution in [1.29, 1.82) is 0 Å². The largest absolute Gasteiger partial charge is 0.347 e. The molecule has 1 N–H and O–H groups in total. The Balaban J connectivity index is 1.99. The first-order chi connectivity index (χ1) is 12.9. The fourth-order valence-electron chi connectivity index (χ4n) is 2.57. The summed E-state index contributed by atoms with van der Waals surface area (Å²) in [6.45, 7) is 6.77. The average Bonchev–Trinajstić information content (AvgIpc) is 2.67. The molecule has 0 fully saturated rings. The third-order valence-corrected chi connectivity index (χ3v) is 6.26. The van der Waals surface area contributed by atoms with Crippen LogP contribution in [0.25, 0.3) is 6.08 Å². The van der Waals surface area contributed by atoms with E-state index in [0.717, 1.165) is 16.8 Å². The Kier molecular flexibility index (Phi) is 7.27. The molecule has 1 aromatic carbocycles.